The fraction of sp³-hybridized carbons (Fsp3) is 0.909. The van der Waals surface area contributed by atoms with Gasteiger partial charge in [-0.05, 0) is 27.7 Å². The number of ether oxygens (including phenoxy) is 1. The molecular weight excluding hydrogens is 242 g/mol. The summed E-state index contributed by atoms with van der Waals surface area (Å²) in [5, 5.41) is 2.98. The van der Waals surface area contributed by atoms with Gasteiger partial charge in [-0.3, -0.25) is 4.79 Å². The first-order valence-electron chi connectivity index (χ1n) is 5.62. The van der Waals surface area contributed by atoms with Crippen LogP contribution in [0, 0.1) is 0 Å². The monoisotopic (exact) mass is 265 g/mol. The number of sulfone groups is 1. The third kappa shape index (κ3) is 11.6. The minimum atomic E-state index is -2.98. The van der Waals surface area contributed by atoms with Gasteiger partial charge in [0.15, 0.2) is 0 Å². The van der Waals surface area contributed by atoms with Crippen LogP contribution >= 0.6 is 0 Å². The maximum atomic E-state index is 11.3. The van der Waals surface area contributed by atoms with E-state index in [0.29, 0.717) is 6.54 Å². The van der Waals surface area contributed by atoms with Crippen LogP contribution in [-0.4, -0.2) is 44.6 Å². The van der Waals surface area contributed by atoms with Crippen LogP contribution in [0.4, 0.5) is 0 Å². The second-order valence-corrected chi connectivity index (χ2v) is 7.47. The van der Waals surface area contributed by atoms with E-state index in [-0.39, 0.29) is 24.2 Å². The fourth-order valence-corrected chi connectivity index (χ4v) is 2.35. The first-order chi connectivity index (χ1) is 7.49. The van der Waals surface area contributed by atoms with Gasteiger partial charge in [0.05, 0.1) is 12.2 Å². The third-order valence-electron chi connectivity index (χ3n) is 1.79. The highest BCUT2D eigenvalue weighted by atomic mass is 32.2. The predicted molar refractivity (Wildman–Crippen MR) is 67.6 cm³/mol. The molecule has 0 radical (unpaired) electrons. The van der Waals surface area contributed by atoms with Crippen molar-refractivity contribution < 1.29 is 17.9 Å². The molecule has 102 valence electrons. The van der Waals surface area contributed by atoms with Crippen molar-refractivity contribution in [3.05, 3.63) is 0 Å². The van der Waals surface area contributed by atoms with Crippen molar-refractivity contribution in [3.63, 3.8) is 0 Å². The molecule has 1 unspecified atom stereocenters. The smallest absolute Gasteiger partial charge is 0.307 e. The van der Waals surface area contributed by atoms with Gasteiger partial charge < -0.3 is 10.1 Å². The van der Waals surface area contributed by atoms with Crippen molar-refractivity contribution in [1.29, 1.82) is 0 Å². The summed E-state index contributed by atoms with van der Waals surface area (Å²) < 4.78 is 27.1. The summed E-state index contributed by atoms with van der Waals surface area (Å²) >= 11 is 0. The van der Waals surface area contributed by atoms with Crippen molar-refractivity contribution in [2.45, 2.75) is 45.8 Å². The average molecular weight is 265 g/mol. The molecule has 5 nitrogen and oxygen atoms in total. The van der Waals surface area contributed by atoms with Crippen LogP contribution in [-0.2, 0) is 19.4 Å². The summed E-state index contributed by atoms with van der Waals surface area (Å²) in [5.74, 6) is -0.210. The second kappa shape index (κ2) is 6.35. The Morgan fingerprint density at radius 3 is 2.29 bits per heavy atom. The molecule has 0 aromatic carbocycles. The first kappa shape index (κ1) is 16.4. The van der Waals surface area contributed by atoms with Crippen LogP contribution in [0.3, 0.4) is 0 Å². The van der Waals surface area contributed by atoms with E-state index in [0.717, 1.165) is 0 Å². The maximum absolute atomic E-state index is 11.3. The lowest BCUT2D eigenvalue weighted by Gasteiger charge is -2.20. The number of carbonyl (C=O) groups excluding carboxylic acids is 1. The standard InChI is InChI=1S/C11H23NO4S/c1-9(8-17(5,14)15)12-7-6-10(13)16-11(2,3)4/h9,12H,6-8H2,1-5H3. The minimum Gasteiger partial charge on any atom is -0.460 e. The van der Waals surface area contributed by atoms with E-state index >= 15 is 0 Å². The van der Waals surface area contributed by atoms with Crippen LogP contribution in [0.5, 0.6) is 0 Å². The number of esters is 1. The first-order valence-corrected chi connectivity index (χ1v) is 7.68. The molecule has 0 rings (SSSR count). The molecule has 6 heteroatoms. The van der Waals surface area contributed by atoms with E-state index in [1.807, 2.05) is 20.8 Å². The molecule has 0 saturated heterocycles. The quantitative estimate of drug-likeness (QED) is 0.717. The summed E-state index contributed by atoms with van der Waals surface area (Å²) in [4.78, 5) is 11.3. The molecule has 0 amide bonds. The summed E-state index contributed by atoms with van der Waals surface area (Å²) in [5.41, 5.74) is -0.477. The Morgan fingerprint density at radius 2 is 1.88 bits per heavy atom. The fourth-order valence-electron chi connectivity index (χ4n) is 1.33. The van der Waals surface area contributed by atoms with Crippen LogP contribution in [0.1, 0.15) is 34.1 Å². The summed E-state index contributed by atoms with van der Waals surface area (Å²) in [6.07, 6.45) is 1.43. The van der Waals surface area contributed by atoms with E-state index < -0.39 is 15.4 Å². The Bertz CT molecular complexity index is 343. The van der Waals surface area contributed by atoms with Gasteiger partial charge in [0, 0.05) is 18.8 Å². The molecule has 0 saturated carbocycles. The summed E-state index contributed by atoms with van der Waals surface area (Å²) in [6.45, 7) is 7.63. The van der Waals surface area contributed by atoms with E-state index in [9.17, 15) is 13.2 Å². The maximum Gasteiger partial charge on any atom is 0.307 e. The van der Waals surface area contributed by atoms with Gasteiger partial charge in [-0.25, -0.2) is 8.42 Å². The highest BCUT2D eigenvalue weighted by Crippen LogP contribution is 2.07. The molecule has 1 atom stereocenters. The third-order valence-corrected chi connectivity index (χ3v) is 2.90. The molecule has 0 heterocycles. The van der Waals surface area contributed by atoms with Crippen LogP contribution in [0.25, 0.3) is 0 Å². The Kier molecular flexibility index (Phi) is 6.12. The van der Waals surface area contributed by atoms with Crippen molar-refractivity contribution in [1.82, 2.24) is 5.32 Å². The van der Waals surface area contributed by atoms with Gasteiger partial charge in [0.1, 0.15) is 15.4 Å². The normalized spacial score (nSPS) is 14.4. The SMILES string of the molecule is CC(CS(C)(=O)=O)NCCC(=O)OC(C)(C)C. The zero-order valence-electron chi connectivity index (χ0n) is 11.2. The molecule has 0 aliphatic rings. The second-order valence-electron chi connectivity index (χ2n) is 5.28. The van der Waals surface area contributed by atoms with Gasteiger partial charge in [-0.2, -0.15) is 0 Å². The number of hydrogen-bond acceptors (Lipinski definition) is 5. The van der Waals surface area contributed by atoms with E-state index in [2.05, 4.69) is 5.32 Å². The van der Waals surface area contributed by atoms with Crippen molar-refractivity contribution in [2.75, 3.05) is 18.6 Å². The molecule has 1 N–H and O–H groups in total. The van der Waals surface area contributed by atoms with E-state index in [4.69, 9.17) is 4.74 Å². The number of nitrogens with one attached hydrogen (secondary N) is 1. The zero-order chi connectivity index (χ0) is 13.7. The number of carbonyl (C=O) groups is 1. The summed E-state index contributed by atoms with van der Waals surface area (Å²) in [7, 11) is -2.98. The number of rotatable bonds is 6. The van der Waals surface area contributed by atoms with Gasteiger partial charge in [0.2, 0.25) is 0 Å². The van der Waals surface area contributed by atoms with Crippen molar-refractivity contribution in [3.8, 4) is 0 Å². The molecule has 0 aromatic heterocycles. The topological polar surface area (TPSA) is 72.5 Å². The highest BCUT2D eigenvalue weighted by Gasteiger charge is 2.16. The van der Waals surface area contributed by atoms with Crippen molar-refractivity contribution >= 4 is 15.8 Å². The minimum absolute atomic E-state index is 0.0708. The average Bonchev–Trinajstić information content (AvgIpc) is 1.95. The molecule has 0 aromatic rings. The highest BCUT2D eigenvalue weighted by molar-refractivity contribution is 7.90. The van der Waals surface area contributed by atoms with Crippen molar-refractivity contribution in [2.24, 2.45) is 0 Å². The Balaban J connectivity index is 3.81. The lowest BCUT2D eigenvalue weighted by Crippen LogP contribution is -2.35. The van der Waals surface area contributed by atoms with Crippen LogP contribution in [0.2, 0.25) is 0 Å². The Hall–Kier alpha value is -0.620. The molecule has 0 fully saturated rings. The molecule has 17 heavy (non-hydrogen) atoms. The number of hydrogen-bond donors (Lipinski definition) is 1. The van der Waals surface area contributed by atoms with E-state index in [1.54, 1.807) is 6.92 Å². The molecule has 0 aliphatic heterocycles. The lowest BCUT2D eigenvalue weighted by molar-refractivity contribution is -0.154. The van der Waals surface area contributed by atoms with E-state index in [1.165, 1.54) is 6.26 Å². The lowest BCUT2D eigenvalue weighted by atomic mass is 10.2. The largest absolute Gasteiger partial charge is 0.460 e. The Labute approximate surface area is 104 Å². The molecule has 0 bridgehead atoms. The molecular formula is C11H23NO4S. The van der Waals surface area contributed by atoms with Crippen LogP contribution < -0.4 is 5.32 Å². The molecule has 0 spiro atoms. The van der Waals surface area contributed by atoms with Crippen LogP contribution in [0.15, 0.2) is 0 Å². The van der Waals surface area contributed by atoms with Gasteiger partial charge in [-0.1, -0.05) is 0 Å². The van der Waals surface area contributed by atoms with Gasteiger partial charge >= 0.3 is 5.97 Å². The Morgan fingerprint density at radius 1 is 1.35 bits per heavy atom. The predicted octanol–water partition coefficient (Wildman–Crippen LogP) is 0.741. The summed E-state index contributed by atoms with van der Waals surface area (Å²) in [6, 6.07) is -0.160. The molecule has 0 aliphatic carbocycles. The van der Waals surface area contributed by atoms with Gasteiger partial charge in [-0.15, -0.1) is 0 Å². The zero-order valence-corrected chi connectivity index (χ0v) is 12.1. The van der Waals surface area contributed by atoms with Gasteiger partial charge in [0.25, 0.3) is 0 Å².